The minimum Gasteiger partial charge on any atom is -0.464 e. The van der Waals surface area contributed by atoms with Crippen LogP contribution in [0.3, 0.4) is 0 Å². The predicted octanol–water partition coefficient (Wildman–Crippen LogP) is 27.4. The van der Waals surface area contributed by atoms with E-state index in [1.165, 1.54) is 54.9 Å². The van der Waals surface area contributed by atoms with Gasteiger partial charge in [-0.05, 0) is 205 Å². The Morgan fingerprint density at radius 2 is 0.617 bits per heavy atom. The van der Waals surface area contributed by atoms with Gasteiger partial charge in [-0.25, -0.2) is 0 Å². The van der Waals surface area contributed by atoms with Gasteiger partial charge in [0.05, 0.1) is 12.0 Å². The van der Waals surface area contributed by atoms with Crippen LogP contribution in [-0.2, 0) is 38.5 Å². The van der Waals surface area contributed by atoms with Crippen molar-refractivity contribution in [2.45, 2.75) is 127 Å². The molecule has 12 aromatic carbocycles. The van der Waals surface area contributed by atoms with Crippen molar-refractivity contribution < 1.29 is 33.2 Å². The summed E-state index contributed by atoms with van der Waals surface area (Å²) in [6.45, 7) is 21.4. The molecule has 0 fully saturated rings. The number of nitrogens with zero attached hydrogens (tertiary/aromatic N) is 1. The molecule has 2 heterocycles. The molecule has 0 saturated heterocycles. The second-order valence-corrected chi connectivity index (χ2v) is 34.5. The van der Waals surface area contributed by atoms with Crippen LogP contribution in [0.2, 0.25) is 0 Å². The molecule has 0 bridgehead atoms. The zero-order valence-electron chi connectivity index (χ0n) is 70.7. The Kier molecular flexibility index (Phi) is 25.4. The summed E-state index contributed by atoms with van der Waals surface area (Å²) in [6.07, 6.45) is 11.5. The number of carbonyl (C=O) groups is 6. The van der Waals surface area contributed by atoms with Crippen LogP contribution in [0.15, 0.2) is 302 Å². The third kappa shape index (κ3) is 17.0. The van der Waals surface area contributed by atoms with Crippen LogP contribution in [-0.4, -0.2) is 39.7 Å². The van der Waals surface area contributed by atoms with Crippen LogP contribution in [0.4, 0.5) is 0 Å². The average molecular weight is 1580 g/mol. The Hall–Kier alpha value is -12.4. The summed E-state index contributed by atoms with van der Waals surface area (Å²) in [5, 5.41) is 4.86. The van der Waals surface area contributed by atoms with Crippen molar-refractivity contribution in [1.82, 2.24) is 4.98 Å². The summed E-state index contributed by atoms with van der Waals surface area (Å²) in [5.41, 5.74) is 24.5. The van der Waals surface area contributed by atoms with Crippen molar-refractivity contribution in [3.63, 3.8) is 0 Å². The Morgan fingerprint density at radius 3 is 1.02 bits per heavy atom. The molecule has 0 amide bonds. The van der Waals surface area contributed by atoms with E-state index < -0.39 is 0 Å². The minimum atomic E-state index is 0.125. The number of ketones is 6. The smallest absolute Gasteiger partial charge is 0.167 e. The van der Waals surface area contributed by atoms with E-state index >= 15 is 0 Å². The molecular formula is C112H107NO7. The number of furan rings is 1. The third-order valence-corrected chi connectivity index (χ3v) is 25.4. The maximum absolute atomic E-state index is 13.0. The maximum Gasteiger partial charge on any atom is 0.167 e. The molecule has 0 aliphatic heterocycles. The number of aromatic nitrogens is 1. The van der Waals surface area contributed by atoms with Crippen LogP contribution >= 0.6 is 0 Å². The Balaban J connectivity index is 0.000000113. The third-order valence-electron chi connectivity index (χ3n) is 25.4. The lowest BCUT2D eigenvalue weighted by Gasteiger charge is -2.13. The highest BCUT2D eigenvalue weighted by atomic mass is 16.3. The van der Waals surface area contributed by atoms with Gasteiger partial charge in [0.15, 0.2) is 34.7 Å². The lowest BCUT2D eigenvalue weighted by atomic mass is 9.90. The summed E-state index contributed by atoms with van der Waals surface area (Å²) in [7, 11) is 0. The lowest BCUT2D eigenvalue weighted by Crippen LogP contribution is -2.15. The van der Waals surface area contributed by atoms with Gasteiger partial charge in [0.2, 0.25) is 0 Å². The standard InChI is InChI=1S/C22H20O.C21H18O.C19H20O.C18H18O.C17H17NO.C15H14O2/c1-14(2)20-13-16-9-6-12-19(21(16)22(20)23)18-11-5-8-15-7-3-4-10-17(15)18;1-2-14-13-16-9-6-12-19(20(16)21(14)22)18-11-5-8-15-7-3-4-10-17(15)18;1-13(2)11-16-12-15-9-6-10-17(18(15)19(16)20)14-7-4-3-5-8-14;1-12(2)16-11-14-9-6-10-15(17(14)18(16)19)13-7-4-3-5-8-13;1-11(2)14-10-12-6-5-7-13(16(12)17(14)19)15-8-3-4-9-18-15;1-2-10-9-11-5-3-6-12(14(11)15(10)16)13-7-4-8-17-13/h3-12,14,20H,13H2,1-2H3;3-12,14H,2,13H2,1H3;3-10,13,16H,11-12H2,1-2H3;3-10,12,16H,11H2,1-2H3;3-9,11,14H,10H2,1-2H3;3-8,10H,2,9H2,1H3. The zero-order valence-corrected chi connectivity index (χ0v) is 70.7. The molecule has 6 atom stereocenters. The van der Waals surface area contributed by atoms with Gasteiger partial charge in [-0.15, -0.1) is 0 Å². The van der Waals surface area contributed by atoms with Crippen molar-refractivity contribution in [3.8, 4) is 67.1 Å². The monoisotopic (exact) mass is 1580 g/mol. The number of fused-ring (bicyclic) bond motifs is 8. The number of hydrogen-bond acceptors (Lipinski definition) is 8. The molecule has 0 N–H and O–H groups in total. The van der Waals surface area contributed by atoms with E-state index in [1.54, 1.807) is 12.5 Å². The van der Waals surface area contributed by atoms with E-state index in [4.69, 9.17) is 4.42 Å². The fourth-order valence-corrected chi connectivity index (χ4v) is 19.1. The summed E-state index contributed by atoms with van der Waals surface area (Å²) in [4.78, 5) is 80.4. The van der Waals surface area contributed by atoms with Crippen molar-refractivity contribution in [2.24, 2.45) is 59.2 Å². The van der Waals surface area contributed by atoms with E-state index in [2.05, 4.69) is 268 Å². The molecule has 8 heteroatoms. The number of rotatable bonds is 13. The van der Waals surface area contributed by atoms with Crippen molar-refractivity contribution in [2.75, 3.05) is 0 Å². The first-order chi connectivity index (χ1) is 58.3. The SMILES string of the molecule is CC(C)C1Cc2cccc(-c3cccc4ccccc34)c2C1=O.CC(C)C1Cc2cccc(-c3ccccc3)c2C1=O.CC(C)C1Cc2cccc(-c3ccccn3)c2C1=O.CC(C)CC1Cc2cccc(-c3ccccc3)c2C1=O.CCC1Cc2cccc(-c3cccc4ccccc34)c2C1=O.CCC1Cc2cccc(-c3ccco3)c2C1=O. The quantitative estimate of drug-likeness (QED) is 0.112. The summed E-state index contributed by atoms with van der Waals surface area (Å²) in [6, 6.07) is 96.6. The van der Waals surface area contributed by atoms with Gasteiger partial charge in [-0.1, -0.05) is 330 Å². The number of hydrogen-bond donors (Lipinski definition) is 0. The zero-order chi connectivity index (χ0) is 83.8. The molecule has 0 radical (unpaired) electrons. The van der Waals surface area contributed by atoms with Crippen LogP contribution < -0.4 is 0 Å². The number of Topliss-reactive ketones (excluding diaryl/α,β-unsaturated/α-hetero) is 6. The number of benzene rings is 12. The Labute approximate surface area is 707 Å². The van der Waals surface area contributed by atoms with E-state index in [1.807, 2.05) is 91.0 Å². The first kappa shape index (κ1) is 82.7. The minimum absolute atomic E-state index is 0.125. The van der Waals surface area contributed by atoms with E-state index in [0.29, 0.717) is 46.8 Å². The lowest BCUT2D eigenvalue weighted by molar-refractivity contribution is 0.0898. The van der Waals surface area contributed by atoms with Crippen LogP contribution in [0.1, 0.15) is 184 Å². The van der Waals surface area contributed by atoms with Crippen LogP contribution in [0, 0.1) is 59.2 Å². The fraction of sp³-hybridized carbons (Fsp3) is 0.259. The van der Waals surface area contributed by atoms with Gasteiger partial charge in [-0.3, -0.25) is 33.8 Å². The molecule has 8 nitrogen and oxygen atoms in total. The van der Waals surface area contributed by atoms with E-state index in [0.717, 1.165) is 158 Å². The highest BCUT2D eigenvalue weighted by molar-refractivity contribution is 6.14. The van der Waals surface area contributed by atoms with Gasteiger partial charge in [-0.2, -0.15) is 0 Å². The van der Waals surface area contributed by atoms with Gasteiger partial charge < -0.3 is 4.42 Å². The molecule has 14 aromatic rings. The van der Waals surface area contributed by atoms with Crippen molar-refractivity contribution >= 4 is 56.2 Å². The second kappa shape index (κ2) is 36.9. The summed E-state index contributed by atoms with van der Waals surface area (Å²) < 4.78 is 5.41. The van der Waals surface area contributed by atoms with Crippen molar-refractivity contribution in [3.05, 3.63) is 364 Å². The van der Waals surface area contributed by atoms with Gasteiger partial charge in [0.1, 0.15) is 5.76 Å². The van der Waals surface area contributed by atoms with Crippen LogP contribution in [0.5, 0.6) is 0 Å². The largest absolute Gasteiger partial charge is 0.464 e. The second-order valence-electron chi connectivity index (χ2n) is 34.5. The molecule has 2 aromatic heterocycles. The van der Waals surface area contributed by atoms with Gasteiger partial charge in [0, 0.05) is 86.2 Å². The Morgan fingerprint density at radius 1 is 0.292 bits per heavy atom. The molecule has 120 heavy (non-hydrogen) atoms. The molecule has 602 valence electrons. The molecule has 20 rings (SSSR count). The number of carbonyl (C=O) groups excluding carboxylic acids is 6. The van der Waals surface area contributed by atoms with E-state index in [-0.39, 0.29) is 47.1 Å². The van der Waals surface area contributed by atoms with Crippen LogP contribution in [0.25, 0.3) is 88.6 Å². The molecular weight excluding hydrogens is 1470 g/mol. The highest BCUT2D eigenvalue weighted by Gasteiger charge is 2.40. The molecule has 0 saturated carbocycles. The molecule has 0 spiro atoms. The fourth-order valence-electron chi connectivity index (χ4n) is 19.1. The molecule has 6 aliphatic carbocycles. The van der Waals surface area contributed by atoms with Crippen molar-refractivity contribution in [1.29, 1.82) is 0 Å². The van der Waals surface area contributed by atoms with E-state index in [9.17, 15) is 28.8 Å². The summed E-state index contributed by atoms with van der Waals surface area (Å²) in [5.74, 6) is 5.28. The highest BCUT2D eigenvalue weighted by Crippen LogP contribution is 2.45. The number of pyridine rings is 1. The Bertz CT molecular complexity index is 5980. The maximum atomic E-state index is 13.0. The predicted molar refractivity (Wildman–Crippen MR) is 490 cm³/mol. The topological polar surface area (TPSA) is 128 Å². The molecule has 6 aliphatic rings. The van der Waals surface area contributed by atoms with Gasteiger partial charge >= 0.3 is 0 Å². The average Bonchev–Trinajstić information content (AvgIpc) is 1.13. The summed E-state index contributed by atoms with van der Waals surface area (Å²) >= 11 is 0. The first-order valence-electron chi connectivity index (χ1n) is 43.3. The van der Waals surface area contributed by atoms with Gasteiger partial charge in [0.25, 0.3) is 0 Å². The molecule has 6 unspecified atom stereocenters. The first-order valence-corrected chi connectivity index (χ1v) is 43.3. The normalized spacial score (nSPS) is 17.6.